The van der Waals surface area contributed by atoms with Crippen molar-refractivity contribution in [3.8, 4) is 5.75 Å². The quantitative estimate of drug-likeness (QED) is 0.291. The van der Waals surface area contributed by atoms with Crippen molar-refractivity contribution in [2.75, 3.05) is 17.2 Å². The van der Waals surface area contributed by atoms with Gasteiger partial charge in [0.15, 0.2) is 28.7 Å². The van der Waals surface area contributed by atoms with Crippen LogP contribution in [0.5, 0.6) is 5.75 Å². The minimum Gasteiger partial charge on any atom is -0.473 e. The van der Waals surface area contributed by atoms with E-state index in [1.54, 1.807) is 32.0 Å². The van der Waals surface area contributed by atoms with Crippen molar-refractivity contribution >= 4 is 29.0 Å². The van der Waals surface area contributed by atoms with Gasteiger partial charge in [-0.15, -0.1) is 4.70 Å². The third-order valence-corrected chi connectivity index (χ3v) is 7.25. The van der Waals surface area contributed by atoms with E-state index in [-0.39, 0.29) is 29.2 Å². The van der Waals surface area contributed by atoms with Crippen LogP contribution in [0, 0.1) is 11.2 Å². The molecule has 2 fully saturated rings. The smallest absolute Gasteiger partial charge is 0.298 e. The number of nitrogens with one attached hydrogen (secondary N) is 3. The van der Waals surface area contributed by atoms with Crippen LogP contribution >= 0.6 is 0 Å². The van der Waals surface area contributed by atoms with Crippen LogP contribution in [0.2, 0.25) is 0 Å². The summed E-state index contributed by atoms with van der Waals surface area (Å²) in [6.07, 6.45) is 5.47. The number of amidine groups is 1. The highest BCUT2D eigenvalue weighted by Crippen LogP contribution is 2.40. The van der Waals surface area contributed by atoms with Crippen molar-refractivity contribution in [1.82, 2.24) is 14.9 Å². The number of fused-ring (bicyclic) bond motifs is 2. The Morgan fingerprint density at radius 3 is 2.89 bits per heavy atom. The fraction of sp³-hybridized carbons (Fsp3) is 0.542. The molecule has 0 saturated carbocycles. The van der Waals surface area contributed by atoms with Crippen molar-refractivity contribution < 1.29 is 13.8 Å². The van der Waals surface area contributed by atoms with E-state index >= 15 is 0 Å². The molecule has 186 valence electrons. The summed E-state index contributed by atoms with van der Waals surface area (Å²) in [5.74, 6) is 6.20. The lowest BCUT2D eigenvalue weighted by atomic mass is 9.84. The predicted octanol–water partition coefficient (Wildman–Crippen LogP) is 4.29. The van der Waals surface area contributed by atoms with Crippen LogP contribution in [0.3, 0.4) is 0 Å². The van der Waals surface area contributed by atoms with E-state index in [0.29, 0.717) is 23.2 Å². The molecule has 2 atom stereocenters. The maximum Gasteiger partial charge on any atom is 0.298 e. The second-order valence-corrected chi connectivity index (χ2v) is 10.7. The van der Waals surface area contributed by atoms with Crippen LogP contribution in [-0.4, -0.2) is 55.2 Å². The van der Waals surface area contributed by atoms with Crippen LogP contribution in [0.15, 0.2) is 29.6 Å². The summed E-state index contributed by atoms with van der Waals surface area (Å²) in [6, 6.07) is 5.97. The SMILES string of the molecule is CC1(C)Oc2ccc(Nc3ncc(F)c(NC4CC5CCCN5C(C)(C)C4)n3)cc2[N+](=NN)C1=N. The number of piperidine rings is 1. The van der Waals surface area contributed by atoms with Crippen LogP contribution in [0.4, 0.5) is 27.5 Å². The largest absolute Gasteiger partial charge is 0.473 e. The molecule has 10 nitrogen and oxygen atoms in total. The number of hydrogen-bond acceptors (Lipinski definition) is 8. The normalized spacial score (nSPS) is 26.1. The van der Waals surface area contributed by atoms with Gasteiger partial charge < -0.3 is 15.4 Å². The summed E-state index contributed by atoms with van der Waals surface area (Å²) in [7, 11) is 0. The number of aromatic nitrogens is 2. The number of anilines is 3. The zero-order valence-corrected chi connectivity index (χ0v) is 20.6. The van der Waals surface area contributed by atoms with Crippen LogP contribution in [-0.2, 0) is 0 Å². The maximum atomic E-state index is 14.7. The molecule has 3 aliphatic heterocycles. The Morgan fingerprint density at radius 1 is 1.31 bits per heavy atom. The maximum absolute atomic E-state index is 14.7. The van der Waals surface area contributed by atoms with Crippen molar-refractivity contribution in [3.63, 3.8) is 0 Å². The lowest BCUT2D eigenvalue weighted by Crippen LogP contribution is -2.55. The van der Waals surface area contributed by atoms with Crippen molar-refractivity contribution in [1.29, 1.82) is 5.41 Å². The highest BCUT2D eigenvalue weighted by atomic mass is 19.1. The van der Waals surface area contributed by atoms with Gasteiger partial charge in [0.2, 0.25) is 5.95 Å². The monoisotopic (exact) mass is 482 g/mol. The summed E-state index contributed by atoms with van der Waals surface area (Å²) < 4.78 is 21.9. The van der Waals surface area contributed by atoms with Gasteiger partial charge in [0.1, 0.15) is 0 Å². The van der Waals surface area contributed by atoms with Gasteiger partial charge in [-0.2, -0.15) is 10.4 Å². The molecule has 2 aromatic rings. The van der Waals surface area contributed by atoms with Gasteiger partial charge in [-0.1, -0.05) is 0 Å². The molecule has 0 amide bonds. The Morgan fingerprint density at radius 2 is 2.11 bits per heavy atom. The van der Waals surface area contributed by atoms with Gasteiger partial charge in [0, 0.05) is 34.6 Å². The molecule has 3 aliphatic rings. The topological polar surface area (TPSA) is 128 Å². The lowest BCUT2D eigenvalue weighted by Gasteiger charge is -2.47. The number of rotatable bonds is 4. The van der Waals surface area contributed by atoms with Crippen molar-refractivity contribution in [3.05, 3.63) is 30.2 Å². The number of hydrogen-bond donors (Lipinski definition) is 4. The molecular weight excluding hydrogens is 449 g/mol. The minimum absolute atomic E-state index is 0.0646. The van der Waals surface area contributed by atoms with E-state index in [4.69, 9.17) is 16.0 Å². The van der Waals surface area contributed by atoms with E-state index in [1.807, 2.05) is 0 Å². The van der Waals surface area contributed by atoms with Crippen molar-refractivity contribution in [2.45, 2.75) is 76.6 Å². The average molecular weight is 483 g/mol. The van der Waals surface area contributed by atoms with Gasteiger partial charge >= 0.3 is 0 Å². The molecule has 0 bridgehead atoms. The molecule has 0 spiro atoms. The Bertz CT molecular complexity index is 1200. The Kier molecular flexibility index (Phi) is 5.62. The summed E-state index contributed by atoms with van der Waals surface area (Å²) >= 11 is 0. The van der Waals surface area contributed by atoms with Crippen LogP contribution < -0.4 is 21.2 Å². The zero-order chi connectivity index (χ0) is 25.0. The standard InChI is InChI=1S/C24H32FN9O/c1-23(2)12-15(10-16-6-5-9-33(16)23)29-20-17(25)13-28-22(31-20)30-14-7-8-19-18(11-14)34(32-27)21(26)24(3,4)35-19/h7-8,11,13,15-16,26-27H,5-6,9-10,12H2,1-4H3,(H2,28,29,30,31)/p+1. The van der Waals surface area contributed by atoms with E-state index in [9.17, 15) is 4.39 Å². The summed E-state index contributed by atoms with van der Waals surface area (Å²) in [5.41, 5.74) is 0.350. The Balaban J connectivity index is 1.36. The first kappa shape index (κ1) is 23.4. The molecule has 0 radical (unpaired) electrons. The Labute approximate surface area is 204 Å². The molecule has 1 aromatic heterocycles. The molecule has 2 saturated heterocycles. The zero-order valence-electron chi connectivity index (χ0n) is 20.6. The predicted molar refractivity (Wildman–Crippen MR) is 131 cm³/mol. The fourth-order valence-electron chi connectivity index (χ4n) is 5.64. The second-order valence-electron chi connectivity index (χ2n) is 10.7. The van der Waals surface area contributed by atoms with Crippen LogP contribution in [0.25, 0.3) is 0 Å². The highest BCUT2D eigenvalue weighted by Gasteiger charge is 2.43. The number of halogens is 1. The van der Waals surface area contributed by atoms with E-state index < -0.39 is 11.4 Å². The molecule has 1 aromatic carbocycles. The first-order valence-electron chi connectivity index (χ1n) is 12.0. The molecular formula is C24H33FN9O+. The van der Waals surface area contributed by atoms with Gasteiger partial charge in [-0.05, 0) is 72.1 Å². The number of nitrogens with zero attached hydrogens (tertiary/aromatic N) is 5. The van der Waals surface area contributed by atoms with Crippen molar-refractivity contribution in [2.24, 2.45) is 11.1 Å². The fourth-order valence-corrected chi connectivity index (χ4v) is 5.64. The number of ether oxygens (including phenoxy) is 1. The first-order chi connectivity index (χ1) is 16.6. The second kappa shape index (κ2) is 8.40. The van der Waals surface area contributed by atoms with Crippen LogP contribution in [0.1, 0.15) is 53.4 Å². The molecule has 5 rings (SSSR count). The third kappa shape index (κ3) is 4.29. The van der Waals surface area contributed by atoms with Gasteiger partial charge in [0.25, 0.3) is 5.84 Å². The molecule has 2 unspecified atom stereocenters. The van der Waals surface area contributed by atoms with E-state index in [2.05, 4.69) is 44.6 Å². The molecule has 11 heteroatoms. The third-order valence-electron chi connectivity index (χ3n) is 7.25. The highest BCUT2D eigenvalue weighted by molar-refractivity contribution is 5.84. The molecule has 35 heavy (non-hydrogen) atoms. The summed E-state index contributed by atoms with van der Waals surface area (Å²) in [5, 5.41) is 18.6. The van der Waals surface area contributed by atoms with Gasteiger partial charge in [-0.3, -0.25) is 4.90 Å². The van der Waals surface area contributed by atoms with Gasteiger partial charge in [0.05, 0.1) is 6.20 Å². The molecule has 4 heterocycles. The lowest BCUT2D eigenvalue weighted by molar-refractivity contribution is -0.413. The minimum atomic E-state index is -0.866. The summed E-state index contributed by atoms with van der Waals surface area (Å²) in [6.45, 7) is 9.22. The molecule has 5 N–H and O–H groups in total. The van der Waals surface area contributed by atoms with E-state index in [0.717, 1.165) is 19.4 Å². The summed E-state index contributed by atoms with van der Waals surface area (Å²) in [4.78, 5) is 11.1. The average Bonchev–Trinajstić information content (AvgIpc) is 3.27. The molecule has 0 aliphatic carbocycles. The number of benzene rings is 1. The number of nitrogens with two attached hydrogens (primary N) is 1. The van der Waals surface area contributed by atoms with Gasteiger partial charge in [-0.25, -0.2) is 15.2 Å². The van der Waals surface area contributed by atoms with E-state index in [1.165, 1.54) is 23.7 Å². The Hall–Kier alpha value is -3.34. The first-order valence-corrected chi connectivity index (χ1v) is 12.0.